The van der Waals surface area contributed by atoms with Crippen LogP contribution in [0.3, 0.4) is 0 Å². The molecule has 0 unspecified atom stereocenters. The highest BCUT2D eigenvalue weighted by Crippen LogP contribution is 2.25. The molecule has 0 radical (unpaired) electrons. The van der Waals surface area contributed by atoms with Gasteiger partial charge in [-0.1, -0.05) is 49.0 Å². The van der Waals surface area contributed by atoms with Crippen LogP contribution in [0.1, 0.15) is 31.2 Å². The van der Waals surface area contributed by atoms with Crippen molar-refractivity contribution in [1.82, 2.24) is 14.8 Å². The van der Waals surface area contributed by atoms with Gasteiger partial charge in [0, 0.05) is 17.9 Å². The van der Waals surface area contributed by atoms with Crippen molar-refractivity contribution in [2.45, 2.75) is 38.3 Å². The van der Waals surface area contributed by atoms with Crippen LogP contribution in [0, 0.1) is 6.92 Å². The summed E-state index contributed by atoms with van der Waals surface area (Å²) in [4.78, 5) is 0. The molecule has 1 heterocycles. The van der Waals surface area contributed by atoms with E-state index in [0.29, 0.717) is 0 Å². The van der Waals surface area contributed by atoms with Crippen LogP contribution in [-0.4, -0.2) is 20.5 Å². The summed E-state index contributed by atoms with van der Waals surface area (Å²) in [5.74, 6) is 1.96. The highest BCUT2D eigenvalue weighted by molar-refractivity contribution is 7.99. The summed E-state index contributed by atoms with van der Waals surface area (Å²) in [6, 6.07) is 8.51. The summed E-state index contributed by atoms with van der Waals surface area (Å²) < 4.78 is 2.19. The van der Waals surface area contributed by atoms with Crippen molar-refractivity contribution >= 4 is 11.8 Å². The lowest BCUT2D eigenvalue weighted by molar-refractivity contribution is 0.836. The SMILES string of the molecule is CCc1nnc(SCC2=CCCC=C2)n1-c1cccc(C)c1. The number of allylic oxidation sites excluding steroid dienone is 3. The van der Waals surface area contributed by atoms with Gasteiger partial charge in [0.15, 0.2) is 5.16 Å². The molecule has 1 aliphatic rings. The van der Waals surface area contributed by atoms with E-state index in [2.05, 4.69) is 71.1 Å². The number of benzene rings is 1. The zero-order valence-corrected chi connectivity index (χ0v) is 13.9. The Morgan fingerprint density at radius 3 is 2.86 bits per heavy atom. The summed E-state index contributed by atoms with van der Waals surface area (Å²) in [6.45, 7) is 4.24. The minimum Gasteiger partial charge on any atom is -0.274 e. The van der Waals surface area contributed by atoms with Crippen molar-refractivity contribution in [3.63, 3.8) is 0 Å². The van der Waals surface area contributed by atoms with Crippen molar-refractivity contribution in [3.8, 4) is 5.69 Å². The molecule has 0 N–H and O–H groups in total. The second-order valence-corrected chi connectivity index (χ2v) is 6.42. The first-order chi connectivity index (χ1) is 10.8. The van der Waals surface area contributed by atoms with Crippen molar-refractivity contribution in [2.75, 3.05) is 5.75 Å². The van der Waals surface area contributed by atoms with Crippen LogP contribution < -0.4 is 0 Å². The topological polar surface area (TPSA) is 30.7 Å². The van der Waals surface area contributed by atoms with Gasteiger partial charge in [0.05, 0.1) is 0 Å². The monoisotopic (exact) mass is 311 g/mol. The molecule has 0 atom stereocenters. The maximum atomic E-state index is 4.40. The fourth-order valence-corrected chi connectivity index (χ4v) is 3.52. The largest absolute Gasteiger partial charge is 0.274 e. The predicted octanol–water partition coefficient (Wildman–Crippen LogP) is 4.51. The number of hydrogen-bond acceptors (Lipinski definition) is 3. The molecule has 1 aliphatic carbocycles. The molecular weight excluding hydrogens is 290 g/mol. The van der Waals surface area contributed by atoms with E-state index in [1.54, 1.807) is 11.8 Å². The minimum absolute atomic E-state index is 0.879. The van der Waals surface area contributed by atoms with Gasteiger partial charge in [-0.2, -0.15) is 0 Å². The second kappa shape index (κ2) is 6.97. The summed E-state index contributed by atoms with van der Waals surface area (Å²) in [5.41, 5.74) is 3.78. The van der Waals surface area contributed by atoms with Crippen molar-refractivity contribution in [3.05, 3.63) is 59.5 Å². The van der Waals surface area contributed by atoms with Gasteiger partial charge >= 0.3 is 0 Å². The van der Waals surface area contributed by atoms with Gasteiger partial charge in [-0.25, -0.2) is 0 Å². The van der Waals surface area contributed by atoms with Crippen LogP contribution in [0.15, 0.2) is 53.2 Å². The maximum Gasteiger partial charge on any atom is 0.196 e. The van der Waals surface area contributed by atoms with Gasteiger partial charge in [-0.3, -0.25) is 4.57 Å². The number of aromatic nitrogens is 3. The van der Waals surface area contributed by atoms with E-state index < -0.39 is 0 Å². The minimum atomic E-state index is 0.879. The van der Waals surface area contributed by atoms with E-state index in [-0.39, 0.29) is 0 Å². The Bertz CT molecular complexity index is 713. The lowest BCUT2D eigenvalue weighted by atomic mass is 10.1. The van der Waals surface area contributed by atoms with Gasteiger partial charge in [-0.15, -0.1) is 10.2 Å². The Morgan fingerprint density at radius 2 is 2.14 bits per heavy atom. The quantitative estimate of drug-likeness (QED) is 0.761. The van der Waals surface area contributed by atoms with E-state index in [9.17, 15) is 0 Å². The van der Waals surface area contributed by atoms with Crippen LogP contribution in [0.25, 0.3) is 5.69 Å². The van der Waals surface area contributed by atoms with E-state index in [1.807, 2.05) is 0 Å². The van der Waals surface area contributed by atoms with Gasteiger partial charge < -0.3 is 0 Å². The van der Waals surface area contributed by atoms with Gasteiger partial charge in [0.25, 0.3) is 0 Å². The zero-order chi connectivity index (χ0) is 15.4. The first-order valence-corrected chi connectivity index (χ1v) is 8.76. The maximum absolute atomic E-state index is 4.40. The molecule has 0 aliphatic heterocycles. The standard InChI is InChI=1S/C18H21N3S/c1-3-17-19-20-18(22-13-15-9-5-4-6-10-15)21(17)16-11-7-8-14(2)12-16/h5,7-12H,3-4,6,13H2,1-2H3. The molecular formula is C18H21N3S. The highest BCUT2D eigenvalue weighted by Gasteiger charge is 2.13. The normalized spacial score (nSPS) is 14.2. The molecule has 3 rings (SSSR count). The number of thioether (sulfide) groups is 1. The lowest BCUT2D eigenvalue weighted by Gasteiger charge is -2.11. The Kier molecular flexibility index (Phi) is 4.78. The summed E-state index contributed by atoms with van der Waals surface area (Å²) >= 11 is 1.76. The molecule has 1 aromatic heterocycles. The van der Waals surface area contributed by atoms with E-state index in [0.717, 1.165) is 41.7 Å². The van der Waals surface area contributed by atoms with E-state index in [1.165, 1.54) is 11.1 Å². The third-order valence-electron chi connectivity index (χ3n) is 3.72. The average Bonchev–Trinajstić information content (AvgIpc) is 2.97. The average molecular weight is 311 g/mol. The molecule has 0 fully saturated rings. The molecule has 2 aromatic rings. The van der Waals surface area contributed by atoms with Crippen LogP contribution in [0.4, 0.5) is 0 Å². The molecule has 0 spiro atoms. The van der Waals surface area contributed by atoms with Gasteiger partial charge in [0.2, 0.25) is 0 Å². The second-order valence-electron chi connectivity index (χ2n) is 5.47. The Morgan fingerprint density at radius 1 is 1.23 bits per heavy atom. The molecule has 0 bridgehead atoms. The molecule has 3 nitrogen and oxygen atoms in total. The lowest BCUT2D eigenvalue weighted by Crippen LogP contribution is -2.02. The predicted molar refractivity (Wildman–Crippen MR) is 92.7 cm³/mol. The van der Waals surface area contributed by atoms with Crippen LogP contribution in [0.2, 0.25) is 0 Å². The van der Waals surface area contributed by atoms with Crippen molar-refractivity contribution < 1.29 is 0 Å². The fraction of sp³-hybridized carbons (Fsp3) is 0.333. The Balaban J connectivity index is 1.87. The Labute approximate surface area is 136 Å². The molecule has 114 valence electrons. The number of hydrogen-bond donors (Lipinski definition) is 0. The molecule has 22 heavy (non-hydrogen) atoms. The Hall–Kier alpha value is -1.81. The van der Waals surface area contributed by atoms with Gasteiger partial charge in [0.1, 0.15) is 5.82 Å². The van der Waals surface area contributed by atoms with E-state index in [4.69, 9.17) is 0 Å². The summed E-state index contributed by atoms with van der Waals surface area (Å²) in [7, 11) is 0. The third-order valence-corrected chi connectivity index (χ3v) is 4.72. The number of aryl methyl sites for hydroxylation is 2. The molecule has 4 heteroatoms. The summed E-state index contributed by atoms with van der Waals surface area (Å²) in [5, 5.41) is 9.74. The fourth-order valence-electron chi connectivity index (χ4n) is 2.57. The molecule has 1 aromatic carbocycles. The number of rotatable bonds is 5. The van der Waals surface area contributed by atoms with Crippen LogP contribution >= 0.6 is 11.8 Å². The molecule has 0 amide bonds. The van der Waals surface area contributed by atoms with Crippen LogP contribution in [-0.2, 0) is 6.42 Å². The third kappa shape index (κ3) is 3.33. The molecule has 0 saturated heterocycles. The highest BCUT2D eigenvalue weighted by atomic mass is 32.2. The first-order valence-electron chi connectivity index (χ1n) is 7.77. The molecule has 0 saturated carbocycles. The van der Waals surface area contributed by atoms with Crippen molar-refractivity contribution in [1.29, 1.82) is 0 Å². The smallest absolute Gasteiger partial charge is 0.196 e. The summed E-state index contributed by atoms with van der Waals surface area (Å²) in [6.07, 6.45) is 9.99. The van der Waals surface area contributed by atoms with Crippen molar-refractivity contribution in [2.24, 2.45) is 0 Å². The van der Waals surface area contributed by atoms with Crippen LogP contribution in [0.5, 0.6) is 0 Å². The number of nitrogens with zero attached hydrogens (tertiary/aromatic N) is 3. The van der Waals surface area contributed by atoms with E-state index >= 15 is 0 Å². The first kappa shape index (κ1) is 15.1. The zero-order valence-electron chi connectivity index (χ0n) is 13.1. The van der Waals surface area contributed by atoms with Gasteiger partial charge in [-0.05, 0) is 43.0 Å².